The summed E-state index contributed by atoms with van der Waals surface area (Å²) in [5.41, 5.74) is 3.10. The van der Waals surface area contributed by atoms with Gasteiger partial charge >= 0.3 is 0 Å². The number of nitrogens with zero attached hydrogens (tertiary/aromatic N) is 1. The van der Waals surface area contributed by atoms with Crippen LogP contribution < -0.4 is 14.8 Å². The summed E-state index contributed by atoms with van der Waals surface area (Å²) >= 11 is 16.0. The van der Waals surface area contributed by atoms with Crippen LogP contribution in [0.1, 0.15) is 29.7 Å². The number of halogens is 3. The van der Waals surface area contributed by atoms with Crippen molar-refractivity contribution < 1.29 is 14.3 Å². The standard InChI is InChI=1S/C26H21Br3N2O3S/c1-15(17-6-4-3-5-7-17)31-25(32)22(30-26(31)35)11-16-8-9-23(33-2)18(10-16)14-34-24-20(28)12-19(27)13-21(24)29/h3-13,15H,14H2,1-2H3,(H,30,35)/b22-11-. The number of ether oxygens (including phenoxy) is 2. The first kappa shape index (κ1) is 25.9. The van der Waals surface area contributed by atoms with E-state index in [0.717, 1.165) is 30.1 Å². The lowest BCUT2D eigenvalue weighted by Crippen LogP contribution is -2.33. The van der Waals surface area contributed by atoms with Gasteiger partial charge in [0.1, 0.15) is 23.8 Å². The van der Waals surface area contributed by atoms with Crippen molar-refractivity contribution in [2.45, 2.75) is 19.6 Å². The molecule has 1 amide bonds. The van der Waals surface area contributed by atoms with Gasteiger partial charge in [-0.1, -0.05) is 52.3 Å². The van der Waals surface area contributed by atoms with Crippen LogP contribution in [0.15, 0.2) is 79.8 Å². The summed E-state index contributed by atoms with van der Waals surface area (Å²) in [4.78, 5) is 14.8. The molecule has 1 aliphatic rings. The van der Waals surface area contributed by atoms with Gasteiger partial charge in [0, 0.05) is 10.0 Å². The zero-order valence-corrected chi connectivity index (χ0v) is 24.4. The van der Waals surface area contributed by atoms with Crippen LogP contribution in [0.5, 0.6) is 11.5 Å². The molecule has 0 bridgehead atoms. The van der Waals surface area contributed by atoms with E-state index in [1.165, 1.54) is 0 Å². The Hall–Kier alpha value is -2.20. The molecule has 0 aromatic heterocycles. The van der Waals surface area contributed by atoms with Gasteiger partial charge in [0.05, 0.1) is 22.1 Å². The molecule has 1 fully saturated rings. The molecule has 1 N–H and O–H groups in total. The average molecular weight is 681 g/mol. The highest BCUT2D eigenvalue weighted by Crippen LogP contribution is 2.37. The van der Waals surface area contributed by atoms with Crippen molar-refractivity contribution in [3.8, 4) is 11.5 Å². The number of benzene rings is 3. The summed E-state index contributed by atoms with van der Waals surface area (Å²) < 4.78 is 14.2. The topological polar surface area (TPSA) is 50.8 Å². The Kier molecular flexibility index (Phi) is 8.31. The highest BCUT2D eigenvalue weighted by atomic mass is 79.9. The number of carbonyl (C=O) groups is 1. The minimum atomic E-state index is -0.183. The third-order valence-corrected chi connectivity index (χ3v) is 7.46. The van der Waals surface area contributed by atoms with Crippen LogP contribution in [0.4, 0.5) is 0 Å². The molecule has 1 unspecified atom stereocenters. The van der Waals surface area contributed by atoms with E-state index in [9.17, 15) is 4.79 Å². The summed E-state index contributed by atoms with van der Waals surface area (Å²) in [5, 5.41) is 3.46. The van der Waals surface area contributed by atoms with Gasteiger partial charge in [0.15, 0.2) is 5.11 Å². The number of methoxy groups -OCH3 is 1. The predicted octanol–water partition coefficient (Wildman–Crippen LogP) is 7.38. The lowest BCUT2D eigenvalue weighted by molar-refractivity contribution is -0.123. The van der Waals surface area contributed by atoms with Gasteiger partial charge in [-0.3, -0.25) is 9.69 Å². The molecule has 1 atom stereocenters. The van der Waals surface area contributed by atoms with Crippen LogP contribution in [0, 0.1) is 0 Å². The maximum Gasteiger partial charge on any atom is 0.277 e. The second-order valence-electron chi connectivity index (χ2n) is 7.81. The molecule has 5 nitrogen and oxygen atoms in total. The van der Waals surface area contributed by atoms with E-state index in [0.29, 0.717) is 22.3 Å². The Bertz CT molecular complexity index is 1290. The van der Waals surface area contributed by atoms with Crippen LogP contribution in [0.3, 0.4) is 0 Å². The summed E-state index contributed by atoms with van der Waals surface area (Å²) in [6, 6.07) is 19.2. The molecule has 4 rings (SSSR count). The Morgan fingerprint density at radius 1 is 1.06 bits per heavy atom. The van der Waals surface area contributed by atoms with Crippen LogP contribution in [0.2, 0.25) is 0 Å². The van der Waals surface area contributed by atoms with Gasteiger partial charge in [-0.15, -0.1) is 0 Å². The Balaban J connectivity index is 1.57. The van der Waals surface area contributed by atoms with E-state index >= 15 is 0 Å². The molecule has 9 heteroatoms. The number of hydrogen-bond acceptors (Lipinski definition) is 4. The van der Waals surface area contributed by atoms with E-state index in [4.69, 9.17) is 21.7 Å². The van der Waals surface area contributed by atoms with E-state index in [1.54, 1.807) is 18.1 Å². The second-order valence-corrected chi connectivity index (χ2v) is 10.8. The number of carbonyl (C=O) groups excluding carboxylic acids is 1. The molecule has 0 radical (unpaired) electrons. The van der Waals surface area contributed by atoms with E-state index in [2.05, 4.69) is 53.1 Å². The summed E-state index contributed by atoms with van der Waals surface area (Å²) in [6.45, 7) is 2.24. The Morgan fingerprint density at radius 2 is 1.74 bits per heavy atom. The first-order valence-electron chi connectivity index (χ1n) is 10.6. The van der Waals surface area contributed by atoms with Crippen LogP contribution in [-0.4, -0.2) is 23.0 Å². The molecular formula is C26H21Br3N2O3S. The molecule has 3 aromatic rings. The lowest BCUT2D eigenvalue weighted by Gasteiger charge is -2.23. The quantitative estimate of drug-likeness (QED) is 0.209. The lowest BCUT2D eigenvalue weighted by atomic mass is 10.1. The molecule has 3 aromatic carbocycles. The first-order chi connectivity index (χ1) is 16.8. The fourth-order valence-electron chi connectivity index (χ4n) is 3.77. The Labute approximate surface area is 234 Å². The van der Waals surface area contributed by atoms with E-state index in [1.807, 2.05) is 67.6 Å². The van der Waals surface area contributed by atoms with Gasteiger partial charge in [-0.25, -0.2) is 0 Å². The Morgan fingerprint density at radius 3 is 2.40 bits per heavy atom. The fraction of sp³-hybridized carbons (Fsp3) is 0.154. The van der Waals surface area contributed by atoms with Crippen molar-refractivity contribution in [1.82, 2.24) is 10.2 Å². The van der Waals surface area contributed by atoms with Crippen LogP contribution in [0.25, 0.3) is 6.08 Å². The third-order valence-electron chi connectivity index (χ3n) is 5.53. The minimum Gasteiger partial charge on any atom is -0.496 e. The third kappa shape index (κ3) is 5.80. The van der Waals surface area contributed by atoms with E-state index < -0.39 is 0 Å². The number of nitrogens with one attached hydrogen (secondary N) is 1. The zero-order valence-electron chi connectivity index (χ0n) is 18.8. The fourth-order valence-corrected chi connectivity index (χ4v) is 6.60. The average Bonchev–Trinajstić information content (AvgIpc) is 3.11. The zero-order chi connectivity index (χ0) is 25.1. The van der Waals surface area contributed by atoms with Gasteiger partial charge in [-0.2, -0.15) is 0 Å². The molecule has 1 saturated heterocycles. The summed E-state index contributed by atoms with van der Waals surface area (Å²) in [7, 11) is 1.62. The molecule has 180 valence electrons. The normalized spacial score (nSPS) is 15.3. The second kappa shape index (κ2) is 11.2. The number of rotatable bonds is 7. The SMILES string of the molecule is COc1ccc(/C=C2\NC(=S)N(C(C)c3ccccc3)C2=O)cc1COc1c(Br)cc(Br)cc1Br. The predicted molar refractivity (Wildman–Crippen MR) is 152 cm³/mol. The van der Waals surface area contributed by atoms with E-state index in [-0.39, 0.29) is 18.6 Å². The van der Waals surface area contributed by atoms with Crippen molar-refractivity contribution in [3.05, 3.63) is 96.5 Å². The summed E-state index contributed by atoms with van der Waals surface area (Å²) in [6.07, 6.45) is 1.79. The number of hydrogen-bond donors (Lipinski definition) is 1. The maximum atomic E-state index is 13.2. The summed E-state index contributed by atoms with van der Waals surface area (Å²) in [5.74, 6) is 1.21. The molecule has 0 saturated carbocycles. The van der Waals surface area contributed by atoms with Crippen molar-refractivity contribution >= 4 is 77.1 Å². The smallest absolute Gasteiger partial charge is 0.277 e. The van der Waals surface area contributed by atoms with Gasteiger partial charge in [0.25, 0.3) is 5.91 Å². The maximum absolute atomic E-state index is 13.2. The van der Waals surface area contributed by atoms with Crippen molar-refractivity contribution in [2.75, 3.05) is 7.11 Å². The molecular weight excluding hydrogens is 660 g/mol. The molecule has 0 aliphatic carbocycles. The van der Waals surface area contributed by atoms with Crippen molar-refractivity contribution in [2.24, 2.45) is 0 Å². The van der Waals surface area contributed by atoms with Gasteiger partial charge in [0.2, 0.25) is 0 Å². The molecule has 0 spiro atoms. The van der Waals surface area contributed by atoms with Crippen LogP contribution >= 0.6 is 60.0 Å². The minimum absolute atomic E-state index is 0.164. The van der Waals surface area contributed by atoms with Crippen molar-refractivity contribution in [1.29, 1.82) is 0 Å². The molecule has 1 heterocycles. The molecule has 1 aliphatic heterocycles. The van der Waals surface area contributed by atoms with Gasteiger partial charge in [-0.05, 0) is 92.5 Å². The largest absolute Gasteiger partial charge is 0.496 e. The first-order valence-corrected chi connectivity index (χ1v) is 13.4. The highest BCUT2D eigenvalue weighted by Gasteiger charge is 2.34. The van der Waals surface area contributed by atoms with Crippen LogP contribution in [-0.2, 0) is 11.4 Å². The van der Waals surface area contributed by atoms with Crippen molar-refractivity contribution in [3.63, 3.8) is 0 Å². The number of amides is 1. The monoisotopic (exact) mass is 678 g/mol. The van der Waals surface area contributed by atoms with Gasteiger partial charge < -0.3 is 14.8 Å². The highest BCUT2D eigenvalue weighted by molar-refractivity contribution is 9.11. The molecule has 35 heavy (non-hydrogen) atoms. The number of thiocarbonyl (C=S) groups is 1.